The van der Waals surface area contributed by atoms with Gasteiger partial charge in [0.25, 0.3) is 5.91 Å². The molecule has 1 aliphatic carbocycles. The summed E-state index contributed by atoms with van der Waals surface area (Å²) in [5, 5.41) is 2.80. The van der Waals surface area contributed by atoms with Crippen LogP contribution < -0.4 is 10.2 Å². The summed E-state index contributed by atoms with van der Waals surface area (Å²) in [4.78, 5) is 37.9. The van der Waals surface area contributed by atoms with Gasteiger partial charge in [-0.1, -0.05) is 17.7 Å². The lowest BCUT2D eigenvalue weighted by atomic mass is 10.1. The van der Waals surface area contributed by atoms with Gasteiger partial charge < -0.3 is 15.0 Å². The molecule has 0 spiro atoms. The summed E-state index contributed by atoms with van der Waals surface area (Å²) in [6.07, 6.45) is 1.25. The van der Waals surface area contributed by atoms with Gasteiger partial charge >= 0.3 is 5.97 Å². The van der Waals surface area contributed by atoms with Crippen LogP contribution in [0, 0.1) is 12.8 Å². The fourth-order valence-electron chi connectivity index (χ4n) is 2.71. The molecule has 2 fully saturated rings. The first-order valence-corrected chi connectivity index (χ1v) is 8.32. The zero-order valence-corrected chi connectivity index (χ0v) is 14.0. The standard InChI is InChI=1S/C18H22N2O4/c1-11-3-7-15(8-4-11)20-10-13(9-16(20)21)18(23)24-12(2)17(22)19-14-5-6-14/h3-4,7-8,12-14H,5-6,9-10H2,1-2H3,(H,19,22)/t12-,13-/m1/s1. The molecule has 6 nitrogen and oxygen atoms in total. The smallest absolute Gasteiger partial charge is 0.312 e. The molecule has 1 heterocycles. The predicted molar refractivity (Wildman–Crippen MR) is 88.4 cm³/mol. The van der Waals surface area contributed by atoms with Crippen LogP contribution in [-0.2, 0) is 19.1 Å². The largest absolute Gasteiger partial charge is 0.452 e. The van der Waals surface area contributed by atoms with Gasteiger partial charge in [-0.2, -0.15) is 0 Å². The second-order valence-corrected chi connectivity index (χ2v) is 6.60. The molecule has 0 bridgehead atoms. The number of anilines is 1. The van der Waals surface area contributed by atoms with Crippen molar-refractivity contribution >= 4 is 23.5 Å². The molecule has 24 heavy (non-hydrogen) atoms. The number of hydrogen-bond donors (Lipinski definition) is 1. The quantitative estimate of drug-likeness (QED) is 0.831. The number of nitrogens with zero attached hydrogens (tertiary/aromatic N) is 1. The molecule has 1 saturated carbocycles. The van der Waals surface area contributed by atoms with E-state index in [1.54, 1.807) is 11.8 Å². The van der Waals surface area contributed by atoms with Gasteiger partial charge in [-0.15, -0.1) is 0 Å². The molecule has 1 saturated heterocycles. The Morgan fingerprint density at radius 3 is 2.54 bits per heavy atom. The minimum absolute atomic E-state index is 0.101. The van der Waals surface area contributed by atoms with Crippen molar-refractivity contribution in [3.8, 4) is 0 Å². The summed E-state index contributed by atoms with van der Waals surface area (Å²) in [6.45, 7) is 3.83. The number of aryl methyl sites for hydroxylation is 1. The van der Waals surface area contributed by atoms with E-state index in [9.17, 15) is 14.4 Å². The molecule has 0 aromatic heterocycles. The SMILES string of the molecule is Cc1ccc(N2C[C@H](C(=O)O[C@H](C)C(=O)NC3CC3)CC2=O)cc1. The fraction of sp³-hybridized carbons (Fsp3) is 0.500. The first-order chi connectivity index (χ1) is 11.4. The Balaban J connectivity index is 1.57. The fourth-order valence-corrected chi connectivity index (χ4v) is 2.71. The summed E-state index contributed by atoms with van der Waals surface area (Å²) in [7, 11) is 0. The van der Waals surface area contributed by atoms with Gasteiger partial charge in [0.15, 0.2) is 6.10 Å². The summed E-state index contributed by atoms with van der Waals surface area (Å²) in [5.41, 5.74) is 1.89. The average molecular weight is 330 g/mol. The van der Waals surface area contributed by atoms with Gasteiger partial charge in [0, 0.05) is 24.7 Å². The monoisotopic (exact) mass is 330 g/mol. The first kappa shape index (κ1) is 16.5. The highest BCUT2D eigenvalue weighted by molar-refractivity contribution is 5.99. The number of carbonyl (C=O) groups excluding carboxylic acids is 3. The summed E-state index contributed by atoms with van der Waals surface area (Å²) in [5.74, 6) is -1.40. The van der Waals surface area contributed by atoms with E-state index in [1.807, 2.05) is 31.2 Å². The van der Waals surface area contributed by atoms with Gasteiger partial charge in [-0.05, 0) is 38.8 Å². The van der Waals surface area contributed by atoms with Crippen LogP contribution in [0.15, 0.2) is 24.3 Å². The molecule has 3 rings (SSSR count). The molecule has 0 radical (unpaired) electrons. The number of ether oxygens (including phenoxy) is 1. The van der Waals surface area contributed by atoms with Crippen molar-refractivity contribution in [2.24, 2.45) is 5.92 Å². The van der Waals surface area contributed by atoms with Crippen molar-refractivity contribution in [2.45, 2.75) is 45.3 Å². The number of carbonyl (C=O) groups is 3. The van der Waals surface area contributed by atoms with E-state index < -0.39 is 18.0 Å². The Labute approximate surface area is 141 Å². The number of nitrogens with one attached hydrogen (secondary N) is 1. The van der Waals surface area contributed by atoms with Crippen LogP contribution in [-0.4, -0.2) is 36.5 Å². The normalized spacial score (nSPS) is 21.5. The number of benzene rings is 1. The minimum Gasteiger partial charge on any atom is -0.452 e. The van der Waals surface area contributed by atoms with E-state index in [1.165, 1.54) is 0 Å². The highest BCUT2D eigenvalue weighted by Gasteiger charge is 2.37. The van der Waals surface area contributed by atoms with Gasteiger partial charge in [0.1, 0.15) is 0 Å². The van der Waals surface area contributed by atoms with Gasteiger partial charge in [0.05, 0.1) is 5.92 Å². The van der Waals surface area contributed by atoms with Crippen LogP contribution in [0.4, 0.5) is 5.69 Å². The summed E-state index contributed by atoms with van der Waals surface area (Å²) in [6, 6.07) is 7.82. The molecular formula is C18H22N2O4. The molecule has 1 N–H and O–H groups in total. The third-order valence-electron chi connectivity index (χ3n) is 4.39. The van der Waals surface area contributed by atoms with Crippen LogP contribution in [0.25, 0.3) is 0 Å². The zero-order valence-electron chi connectivity index (χ0n) is 14.0. The predicted octanol–water partition coefficient (Wildman–Crippen LogP) is 1.56. The maximum atomic E-state index is 12.3. The molecule has 6 heteroatoms. The molecule has 1 aliphatic heterocycles. The van der Waals surface area contributed by atoms with E-state index in [0.717, 1.165) is 24.1 Å². The van der Waals surface area contributed by atoms with Crippen LogP contribution >= 0.6 is 0 Å². The summed E-state index contributed by atoms with van der Waals surface area (Å²) < 4.78 is 5.25. The topological polar surface area (TPSA) is 75.7 Å². The number of amides is 2. The minimum atomic E-state index is -0.832. The molecule has 2 aliphatic rings. The summed E-state index contributed by atoms with van der Waals surface area (Å²) >= 11 is 0. The maximum Gasteiger partial charge on any atom is 0.312 e. The lowest BCUT2D eigenvalue weighted by Crippen LogP contribution is -2.38. The highest BCUT2D eigenvalue weighted by Crippen LogP contribution is 2.26. The van der Waals surface area contributed by atoms with Crippen LogP contribution in [0.3, 0.4) is 0 Å². The van der Waals surface area contributed by atoms with E-state index in [-0.39, 0.29) is 30.8 Å². The van der Waals surface area contributed by atoms with Crippen molar-refractivity contribution in [2.75, 3.05) is 11.4 Å². The number of esters is 1. The number of hydrogen-bond acceptors (Lipinski definition) is 4. The van der Waals surface area contributed by atoms with Crippen molar-refractivity contribution in [3.63, 3.8) is 0 Å². The molecule has 2 atom stereocenters. The Hall–Kier alpha value is -2.37. The van der Waals surface area contributed by atoms with Gasteiger partial charge in [0.2, 0.25) is 5.91 Å². The van der Waals surface area contributed by atoms with Crippen molar-refractivity contribution in [1.29, 1.82) is 0 Å². The molecule has 1 aromatic carbocycles. The molecule has 128 valence electrons. The Morgan fingerprint density at radius 2 is 1.92 bits per heavy atom. The first-order valence-electron chi connectivity index (χ1n) is 8.32. The van der Waals surface area contributed by atoms with E-state index in [2.05, 4.69) is 5.32 Å². The van der Waals surface area contributed by atoms with Crippen molar-refractivity contribution in [3.05, 3.63) is 29.8 Å². The van der Waals surface area contributed by atoms with Crippen LogP contribution in [0.1, 0.15) is 31.7 Å². The van der Waals surface area contributed by atoms with Gasteiger partial charge in [-0.25, -0.2) is 0 Å². The lowest BCUT2D eigenvalue weighted by Gasteiger charge is -2.18. The number of rotatable bonds is 5. The highest BCUT2D eigenvalue weighted by atomic mass is 16.5. The molecular weight excluding hydrogens is 308 g/mol. The maximum absolute atomic E-state index is 12.3. The van der Waals surface area contributed by atoms with Crippen molar-refractivity contribution < 1.29 is 19.1 Å². The van der Waals surface area contributed by atoms with Crippen LogP contribution in [0.2, 0.25) is 0 Å². The second kappa shape index (κ2) is 6.63. The van der Waals surface area contributed by atoms with Gasteiger partial charge in [-0.3, -0.25) is 14.4 Å². The van der Waals surface area contributed by atoms with Crippen LogP contribution in [0.5, 0.6) is 0 Å². The zero-order chi connectivity index (χ0) is 17.3. The Bertz CT molecular complexity index is 651. The van der Waals surface area contributed by atoms with E-state index in [4.69, 9.17) is 4.74 Å². The Kier molecular flexibility index (Phi) is 4.55. The molecule has 1 aromatic rings. The third-order valence-corrected chi connectivity index (χ3v) is 4.39. The second-order valence-electron chi connectivity index (χ2n) is 6.60. The van der Waals surface area contributed by atoms with E-state index >= 15 is 0 Å². The molecule has 0 unspecified atom stereocenters. The third kappa shape index (κ3) is 3.75. The molecule has 2 amide bonds. The Morgan fingerprint density at radius 1 is 1.25 bits per heavy atom. The lowest BCUT2D eigenvalue weighted by molar-refractivity contribution is -0.158. The van der Waals surface area contributed by atoms with E-state index in [0.29, 0.717) is 0 Å². The average Bonchev–Trinajstić information content (AvgIpc) is 3.27. The van der Waals surface area contributed by atoms with Crippen molar-refractivity contribution in [1.82, 2.24) is 5.32 Å².